The summed E-state index contributed by atoms with van der Waals surface area (Å²) in [6, 6.07) is 2.79. The fourth-order valence-electron chi connectivity index (χ4n) is 3.02. The maximum absolute atomic E-state index is 5.63. The van der Waals surface area contributed by atoms with Crippen molar-refractivity contribution in [3.63, 3.8) is 0 Å². The molecule has 2 saturated heterocycles. The minimum atomic E-state index is 0.636. The predicted molar refractivity (Wildman–Crippen MR) is 82.6 cm³/mol. The van der Waals surface area contributed by atoms with Gasteiger partial charge in [0.05, 0.1) is 25.4 Å². The van der Waals surface area contributed by atoms with Gasteiger partial charge >= 0.3 is 0 Å². The van der Waals surface area contributed by atoms with Crippen molar-refractivity contribution in [1.29, 1.82) is 0 Å². The normalized spacial score (nSPS) is 22.1. The molecule has 117 valence electrons. The minimum Gasteiger partial charge on any atom is -0.454 e. The van der Waals surface area contributed by atoms with Crippen molar-refractivity contribution in [2.24, 2.45) is 0 Å². The molecule has 0 bridgehead atoms. The summed E-state index contributed by atoms with van der Waals surface area (Å²) >= 11 is 0. The number of hydrogen-bond donors (Lipinski definition) is 0. The minimum absolute atomic E-state index is 0.636. The van der Waals surface area contributed by atoms with E-state index in [0.29, 0.717) is 6.04 Å². The van der Waals surface area contributed by atoms with Crippen LogP contribution in [0.25, 0.3) is 0 Å². The van der Waals surface area contributed by atoms with Gasteiger partial charge in [0.2, 0.25) is 0 Å². The largest absolute Gasteiger partial charge is 0.454 e. The Bertz CT molecular complexity index is 432. The first-order chi connectivity index (χ1) is 10.2. The van der Waals surface area contributed by atoms with Gasteiger partial charge in [-0.2, -0.15) is 0 Å². The summed E-state index contributed by atoms with van der Waals surface area (Å²) < 4.78 is 11.0. The molecule has 0 atom stereocenters. The Balaban J connectivity index is 1.53. The van der Waals surface area contributed by atoms with E-state index in [2.05, 4.69) is 40.9 Å². The standard InChI is InChI=1S/C16H26N3O2/c1-14(2)18-3-5-19(6-4-18)15-11-16(21-13-15)12-17-7-9-20-10-8-17/h11,14H,3-10,12H2,1-2H3. The Hall–Kier alpha value is -1.04. The molecule has 2 aliphatic heterocycles. The van der Waals surface area contributed by atoms with Crippen LogP contribution in [0, 0.1) is 6.26 Å². The zero-order chi connectivity index (χ0) is 14.7. The second kappa shape index (κ2) is 6.81. The molecule has 0 amide bonds. The molecule has 5 heteroatoms. The molecular weight excluding hydrogens is 266 g/mol. The highest BCUT2D eigenvalue weighted by molar-refractivity contribution is 5.44. The lowest BCUT2D eigenvalue weighted by Gasteiger charge is -2.37. The van der Waals surface area contributed by atoms with Crippen molar-refractivity contribution in [3.05, 3.63) is 18.1 Å². The summed E-state index contributed by atoms with van der Waals surface area (Å²) in [5.41, 5.74) is 1.11. The third-order valence-electron chi connectivity index (χ3n) is 4.45. The molecule has 0 aliphatic carbocycles. The molecule has 1 aromatic heterocycles. The van der Waals surface area contributed by atoms with E-state index < -0.39 is 0 Å². The van der Waals surface area contributed by atoms with E-state index in [4.69, 9.17) is 9.15 Å². The van der Waals surface area contributed by atoms with Crippen LogP contribution in [0.3, 0.4) is 0 Å². The predicted octanol–water partition coefficient (Wildman–Crippen LogP) is 1.44. The average Bonchev–Trinajstić information content (AvgIpc) is 2.97. The van der Waals surface area contributed by atoms with Gasteiger partial charge in [-0.15, -0.1) is 0 Å². The summed E-state index contributed by atoms with van der Waals surface area (Å²) in [6.45, 7) is 13.4. The molecule has 2 fully saturated rings. The maximum atomic E-state index is 5.63. The third kappa shape index (κ3) is 3.78. The van der Waals surface area contributed by atoms with Crippen LogP contribution >= 0.6 is 0 Å². The highest BCUT2D eigenvalue weighted by Gasteiger charge is 2.21. The summed E-state index contributed by atoms with van der Waals surface area (Å²) in [5, 5.41) is 0. The van der Waals surface area contributed by atoms with E-state index in [1.807, 2.05) is 0 Å². The van der Waals surface area contributed by atoms with Crippen molar-refractivity contribution in [1.82, 2.24) is 9.80 Å². The van der Waals surface area contributed by atoms with Crippen molar-refractivity contribution < 1.29 is 9.15 Å². The fourth-order valence-corrected chi connectivity index (χ4v) is 3.02. The van der Waals surface area contributed by atoms with Crippen LogP contribution in [-0.4, -0.2) is 68.3 Å². The van der Waals surface area contributed by atoms with E-state index in [9.17, 15) is 0 Å². The number of hydrogen-bond acceptors (Lipinski definition) is 5. The molecule has 3 heterocycles. The highest BCUT2D eigenvalue weighted by Crippen LogP contribution is 2.21. The van der Waals surface area contributed by atoms with Crippen LogP contribution in [-0.2, 0) is 11.3 Å². The fraction of sp³-hybridized carbons (Fsp3) is 0.750. The second-order valence-corrected chi connectivity index (χ2v) is 6.21. The van der Waals surface area contributed by atoms with Crippen LogP contribution in [0.1, 0.15) is 19.6 Å². The summed E-state index contributed by atoms with van der Waals surface area (Å²) in [6.07, 6.45) is 3.08. The molecule has 21 heavy (non-hydrogen) atoms. The Morgan fingerprint density at radius 1 is 1.10 bits per heavy atom. The van der Waals surface area contributed by atoms with Crippen molar-refractivity contribution >= 4 is 5.69 Å². The van der Waals surface area contributed by atoms with E-state index >= 15 is 0 Å². The Morgan fingerprint density at radius 3 is 2.48 bits per heavy atom. The number of nitrogens with zero attached hydrogens (tertiary/aromatic N) is 3. The number of ether oxygens (including phenoxy) is 1. The molecule has 2 aliphatic rings. The van der Waals surface area contributed by atoms with E-state index in [1.54, 1.807) is 0 Å². The smallest absolute Gasteiger partial charge is 0.195 e. The number of morpholine rings is 1. The van der Waals surface area contributed by atoms with Crippen molar-refractivity contribution in [2.75, 3.05) is 57.4 Å². The van der Waals surface area contributed by atoms with E-state index in [0.717, 1.165) is 70.5 Å². The molecular formula is C16H26N3O2. The topological polar surface area (TPSA) is 32.1 Å². The van der Waals surface area contributed by atoms with Crippen LogP contribution < -0.4 is 4.90 Å². The number of piperazine rings is 1. The van der Waals surface area contributed by atoms with Crippen LogP contribution in [0.15, 0.2) is 10.5 Å². The number of anilines is 1. The molecule has 1 radical (unpaired) electrons. The van der Waals surface area contributed by atoms with Gasteiger partial charge in [-0.25, -0.2) is 0 Å². The summed E-state index contributed by atoms with van der Waals surface area (Å²) in [4.78, 5) is 7.27. The quantitative estimate of drug-likeness (QED) is 0.838. The Labute approximate surface area is 127 Å². The van der Waals surface area contributed by atoms with E-state index in [1.165, 1.54) is 0 Å². The first-order valence-corrected chi connectivity index (χ1v) is 8.02. The maximum Gasteiger partial charge on any atom is 0.195 e. The Morgan fingerprint density at radius 2 is 1.81 bits per heavy atom. The lowest BCUT2D eigenvalue weighted by Crippen LogP contribution is -2.48. The van der Waals surface area contributed by atoms with Crippen LogP contribution in [0.4, 0.5) is 5.69 Å². The van der Waals surface area contributed by atoms with E-state index in [-0.39, 0.29) is 0 Å². The summed E-state index contributed by atoms with van der Waals surface area (Å²) in [7, 11) is 0. The van der Waals surface area contributed by atoms with Crippen molar-refractivity contribution in [3.8, 4) is 0 Å². The third-order valence-corrected chi connectivity index (χ3v) is 4.45. The van der Waals surface area contributed by atoms with Crippen LogP contribution in [0.5, 0.6) is 0 Å². The highest BCUT2D eigenvalue weighted by atomic mass is 16.5. The van der Waals surface area contributed by atoms with Gasteiger partial charge in [0, 0.05) is 51.4 Å². The van der Waals surface area contributed by atoms with Gasteiger partial charge in [0.25, 0.3) is 0 Å². The van der Waals surface area contributed by atoms with Crippen LogP contribution in [0.2, 0.25) is 0 Å². The van der Waals surface area contributed by atoms with Crippen molar-refractivity contribution in [2.45, 2.75) is 26.4 Å². The van der Waals surface area contributed by atoms with Gasteiger partial charge in [0.15, 0.2) is 6.26 Å². The first kappa shape index (κ1) is 14.9. The molecule has 0 saturated carbocycles. The lowest BCUT2D eigenvalue weighted by atomic mass is 10.2. The molecule has 0 unspecified atom stereocenters. The van der Waals surface area contributed by atoms with Gasteiger partial charge in [-0.3, -0.25) is 9.80 Å². The number of rotatable bonds is 4. The molecule has 0 aromatic carbocycles. The second-order valence-electron chi connectivity index (χ2n) is 6.21. The van der Waals surface area contributed by atoms with Gasteiger partial charge in [0.1, 0.15) is 5.76 Å². The molecule has 1 aromatic rings. The average molecular weight is 292 g/mol. The number of furan rings is 1. The lowest BCUT2D eigenvalue weighted by molar-refractivity contribution is 0.0313. The monoisotopic (exact) mass is 292 g/mol. The first-order valence-electron chi connectivity index (χ1n) is 8.02. The molecule has 0 N–H and O–H groups in total. The van der Waals surface area contributed by atoms with Gasteiger partial charge in [-0.05, 0) is 13.8 Å². The zero-order valence-electron chi connectivity index (χ0n) is 13.2. The Kier molecular flexibility index (Phi) is 4.83. The molecule has 3 rings (SSSR count). The molecule has 5 nitrogen and oxygen atoms in total. The molecule has 0 spiro atoms. The summed E-state index contributed by atoms with van der Waals surface area (Å²) in [5.74, 6) is 1.01. The zero-order valence-corrected chi connectivity index (χ0v) is 13.2. The van der Waals surface area contributed by atoms with Gasteiger partial charge in [-0.1, -0.05) is 0 Å². The SMILES string of the molecule is CC(C)N1CCN(c2[c]oc(CN3CCOCC3)c2)CC1. The van der Waals surface area contributed by atoms with Gasteiger partial charge < -0.3 is 14.1 Å².